The number of hydrogen-bond donors (Lipinski definition) is 0. The van der Waals surface area contributed by atoms with Gasteiger partial charge in [-0.3, -0.25) is 0 Å². The lowest BCUT2D eigenvalue weighted by Gasteiger charge is -2.34. The molecule has 6 aromatic heterocycles. The van der Waals surface area contributed by atoms with Crippen LogP contribution in [0.3, 0.4) is 0 Å². The average Bonchev–Trinajstić information content (AvgIpc) is 1.36. The van der Waals surface area contributed by atoms with Gasteiger partial charge in [-0.2, -0.15) is 0 Å². The molecule has 0 N–H and O–H groups in total. The summed E-state index contributed by atoms with van der Waals surface area (Å²) in [6.45, 7) is 0. The minimum atomic E-state index is -2.64. The van der Waals surface area contributed by atoms with E-state index in [2.05, 4.69) is 432 Å². The molecule has 684 valence electrons. The van der Waals surface area contributed by atoms with Gasteiger partial charge in [0.15, 0.2) is 60.5 Å². The summed E-state index contributed by atoms with van der Waals surface area (Å²) in [4.78, 5) is 44.8. The van der Waals surface area contributed by atoms with Gasteiger partial charge in [0, 0.05) is 99.5 Å². The second-order valence-electron chi connectivity index (χ2n) is 35.1. The highest BCUT2D eigenvalue weighted by Crippen LogP contribution is 2.40. The Kier molecular flexibility index (Phi) is 25.2. The molecule has 0 atom stereocenters. The van der Waals surface area contributed by atoms with Crippen molar-refractivity contribution in [2.24, 2.45) is 0 Å². The lowest BCUT2D eigenvalue weighted by molar-refractivity contribution is 1.07. The summed E-state index contributed by atoms with van der Waals surface area (Å²) in [5.41, 5.74) is 23.3. The molecule has 144 heavy (non-hydrogen) atoms. The van der Waals surface area contributed by atoms with Crippen LogP contribution >= 0.6 is 0 Å². The summed E-state index contributed by atoms with van der Waals surface area (Å²) >= 11 is 0. The quantitative estimate of drug-likeness (QED) is 0.0609. The Labute approximate surface area is 837 Å². The lowest BCUT2D eigenvalue weighted by atomic mass is 10.0. The second kappa shape index (κ2) is 40.2. The van der Waals surface area contributed by atoms with Crippen molar-refractivity contribution in [1.29, 1.82) is 0 Å². The Morgan fingerprint density at radius 1 is 0.125 bits per heavy atom. The Morgan fingerprint density at radius 2 is 0.306 bits per heavy atom. The molecule has 0 radical (unpaired) electrons. The van der Waals surface area contributed by atoms with E-state index in [1.165, 1.54) is 86.2 Å². The van der Waals surface area contributed by atoms with Gasteiger partial charge in [-0.1, -0.05) is 439 Å². The molecular weight excluding hydrogens is 1770 g/mol. The normalized spacial score (nSPS) is 11.2. The van der Waals surface area contributed by atoms with Crippen molar-refractivity contribution < 1.29 is 0 Å². The third-order valence-corrected chi connectivity index (χ3v) is 31.3. The van der Waals surface area contributed by atoms with E-state index in [0.29, 0.717) is 52.4 Å². The summed E-state index contributed by atoms with van der Waals surface area (Å²) < 4.78 is 6.96. The molecule has 0 amide bonds. The van der Waals surface area contributed by atoms with Gasteiger partial charge < -0.3 is 13.7 Å². The fraction of sp³-hybridized carbons (Fsp3) is 0.0153. The fourth-order valence-electron chi connectivity index (χ4n) is 19.8. The number of hydrogen-bond acceptors (Lipinski definition) is 9. The van der Waals surface area contributed by atoms with E-state index in [0.717, 1.165) is 89.4 Å². The number of aromatic nitrogens is 12. The molecule has 6 heterocycles. The minimum absolute atomic E-state index is 0. The van der Waals surface area contributed by atoms with E-state index in [4.69, 9.17) is 44.9 Å². The molecule has 0 saturated heterocycles. The van der Waals surface area contributed by atoms with E-state index < -0.39 is 8.07 Å². The summed E-state index contributed by atoms with van der Waals surface area (Å²) in [6, 6.07) is 187. The van der Waals surface area contributed by atoms with Gasteiger partial charge in [0.05, 0.1) is 33.1 Å². The zero-order chi connectivity index (χ0) is 94.5. The largest absolute Gasteiger partial charge is 0.309 e. The molecule has 12 nitrogen and oxygen atoms in total. The van der Waals surface area contributed by atoms with Crippen molar-refractivity contribution in [3.63, 3.8) is 0 Å². The van der Waals surface area contributed by atoms with Gasteiger partial charge >= 0.3 is 0 Å². The zero-order valence-corrected chi connectivity index (χ0v) is 78.2. The number of para-hydroxylation sites is 6. The number of benzene rings is 20. The first kappa shape index (κ1) is 90.2. The van der Waals surface area contributed by atoms with E-state index in [9.17, 15) is 0 Å². The van der Waals surface area contributed by atoms with Gasteiger partial charge in [-0.25, -0.2) is 44.9 Å². The first-order chi connectivity index (χ1) is 70.4. The van der Waals surface area contributed by atoms with Crippen molar-refractivity contribution in [2.75, 3.05) is 0 Å². The summed E-state index contributed by atoms with van der Waals surface area (Å²) in [5, 5.41) is 12.8. The minimum Gasteiger partial charge on any atom is -0.309 e. The molecule has 0 unspecified atom stereocenters. The van der Waals surface area contributed by atoms with Crippen LogP contribution in [0.2, 0.25) is 0 Å². The first-order valence-electron chi connectivity index (χ1n) is 47.7. The van der Waals surface area contributed by atoms with Gasteiger partial charge in [0.2, 0.25) is 0 Å². The van der Waals surface area contributed by atoms with E-state index in [-0.39, 0.29) is 14.9 Å². The standard InChI is InChI=1S/C57H40N4Si.C39H26N4.C33H22N4.2CH4/c1-5-18-42(19-6-1)55-58-56(43-32-36-46(37-33-43)61-53-30-15-13-28-51(53)52-29-14-16-31-54(52)61)60-57(59-55)45-21-17-20-44(40-45)41-34-38-50(39-35-41)62(47-22-7-2-8-23-47,48-24-9-3-10-25-48)49-26-11-4-12-27-49;1-3-12-27(13-4-1)30-16-11-17-31(26-30)39-41-37(28-14-5-2-6-15-28)40-38(42-39)29-22-24-32(25-23-29)43-35-20-9-7-18-33(35)34-19-8-10-21-36(34)43;1-3-12-23(13-4-1)31-34-32(24-14-5-2-6-15-24)36-33(35-31)25-16-11-17-26(22-25)37-29-20-9-7-18-27(29)28-19-8-10-21-30(28)37;;/h1-40H;1-26H;1-22H;2*1H4. The van der Waals surface area contributed by atoms with Gasteiger partial charge in [0.25, 0.3) is 0 Å². The van der Waals surface area contributed by atoms with Crippen LogP contribution in [-0.4, -0.2) is 66.6 Å². The predicted molar refractivity (Wildman–Crippen MR) is 599 cm³/mol. The van der Waals surface area contributed by atoms with Crippen LogP contribution in [0.4, 0.5) is 0 Å². The highest BCUT2D eigenvalue weighted by atomic mass is 28.3. The zero-order valence-electron chi connectivity index (χ0n) is 77.2. The van der Waals surface area contributed by atoms with Crippen LogP contribution in [0.1, 0.15) is 14.9 Å². The SMILES string of the molecule is C.C.c1ccc(-c2cccc(-c3nc(-c4ccccc4)nc(-c4ccc(-n5c6ccccc6c6ccccc65)cc4)n3)c2)cc1.c1ccc(-c2nc(-c3ccc(-n4c5ccccc5c5ccccc54)cc3)nc(-c3cccc(-c4ccc([Si](c5ccccc5)(c5ccccc5)c5ccccc5)cc4)c3)n2)cc1.c1ccc(-c2nc(-c3ccccc3)nc(-c3cccc(-n4c5ccccc5c5ccccc54)c3)n2)cc1. The fourth-order valence-corrected chi connectivity index (χ4v) is 24.6. The maximum atomic E-state index is 5.15. The molecule has 0 aliphatic rings. The summed E-state index contributed by atoms with van der Waals surface area (Å²) in [5.74, 6) is 5.79. The Bertz CT molecular complexity index is 8730. The lowest BCUT2D eigenvalue weighted by Crippen LogP contribution is -2.74. The molecule has 0 bridgehead atoms. The van der Waals surface area contributed by atoms with Crippen LogP contribution in [0.5, 0.6) is 0 Å². The van der Waals surface area contributed by atoms with Crippen LogP contribution in [0, 0.1) is 0 Å². The number of fused-ring (bicyclic) bond motifs is 9. The van der Waals surface area contributed by atoms with Crippen LogP contribution < -0.4 is 20.7 Å². The van der Waals surface area contributed by atoms with Gasteiger partial charge in [-0.05, 0) is 152 Å². The van der Waals surface area contributed by atoms with Crippen LogP contribution in [0.15, 0.2) is 534 Å². The van der Waals surface area contributed by atoms with E-state index in [1.807, 2.05) is 115 Å². The average molecular weight is 1870 g/mol. The maximum absolute atomic E-state index is 5.15. The van der Waals surface area contributed by atoms with Crippen molar-refractivity contribution in [1.82, 2.24) is 58.6 Å². The van der Waals surface area contributed by atoms with Crippen molar-refractivity contribution in [2.45, 2.75) is 14.9 Å². The Morgan fingerprint density at radius 3 is 0.583 bits per heavy atom. The van der Waals surface area contributed by atoms with E-state index >= 15 is 0 Å². The molecule has 0 fully saturated rings. The van der Waals surface area contributed by atoms with E-state index in [1.54, 1.807) is 0 Å². The summed E-state index contributed by atoms with van der Waals surface area (Å²) in [7, 11) is -2.64. The summed E-state index contributed by atoms with van der Waals surface area (Å²) in [6.07, 6.45) is 0. The smallest absolute Gasteiger partial charge is 0.179 e. The third-order valence-electron chi connectivity index (χ3n) is 26.5. The second-order valence-corrected chi connectivity index (χ2v) is 38.9. The first-order valence-corrected chi connectivity index (χ1v) is 49.7. The highest BCUT2D eigenvalue weighted by molar-refractivity contribution is 7.19. The van der Waals surface area contributed by atoms with Crippen LogP contribution in [-0.2, 0) is 0 Å². The Hall–Kier alpha value is -19.0. The molecule has 13 heteroatoms. The molecular formula is C131H96N12Si. The molecule has 0 aliphatic carbocycles. The monoisotopic (exact) mass is 1860 g/mol. The molecule has 20 aromatic carbocycles. The maximum Gasteiger partial charge on any atom is 0.179 e. The third kappa shape index (κ3) is 17.6. The highest BCUT2D eigenvalue weighted by Gasteiger charge is 2.41. The van der Waals surface area contributed by atoms with Crippen molar-refractivity contribution in [3.05, 3.63) is 534 Å². The predicted octanol–water partition coefficient (Wildman–Crippen LogP) is 29.9. The molecule has 0 saturated carbocycles. The Balaban J connectivity index is 0.000000127. The van der Waals surface area contributed by atoms with Gasteiger partial charge in [0.1, 0.15) is 0 Å². The van der Waals surface area contributed by atoms with Crippen molar-refractivity contribution in [3.8, 4) is 142 Å². The number of rotatable bonds is 18. The topological polar surface area (TPSA) is 131 Å². The van der Waals surface area contributed by atoms with Crippen molar-refractivity contribution >= 4 is 94.2 Å². The molecule has 26 aromatic rings. The molecule has 0 aliphatic heterocycles. The molecule has 0 spiro atoms. The molecule has 26 rings (SSSR count). The van der Waals surface area contributed by atoms with Crippen LogP contribution in [0.25, 0.3) is 207 Å². The van der Waals surface area contributed by atoms with Gasteiger partial charge in [-0.15, -0.1) is 0 Å². The number of nitrogens with zero attached hydrogens (tertiary/aromatic N) is 12.